The largest absolute Gasteiger partial charge is 0.299 e. The van der Waals surface area contributed by atoms with Gasteiger partial charge in [-0.2, -0.15) is 5.26 Å². The summed E-state index contributed by atoms with van der Waals surface area (Å²) < 4.78 is 2.14. The molecule has 0 unspecified atom stereocenters. The Balaban J connectivity index is 1.69. The maximum absolute atomic E-state index is 8.95. The number of hydrogen-bond acceptors (Lipinski definition) is 2. The van der Waals surface area contributed by atoms with Crippen molar-refractivity contribution < 1.29 is 0 Å². The summed E-state index contributed by atoms with van der Waals surface area (Å²) in [5.41, 5.74) is 7.11. The third kappa shape index (κ3) is 1.85. The van der Waals surface area contributed by atoms with Crippen LogP contribution in [0.3, 0.4) is 0 Å². The lowest BCUT2D eigenvalue weighted by atomic mass is 9.67. The van der Waals surface area contributed by atoms with Gasteiger partial charge in [-0.05, 0) is 85.0 Å². The Labute approximate surface area is 135 Å². The SMILES string of the molecule is N#Cc1ccc(-n2cnc3cc4c(cc32)C2CCC4CC2)cc1. The molecule has 1 fully saturated rings. The van der Waals surface area contributed by atoms with Crippen molar-refractivity contribution >= 4 is 11.0 Å². The lowest BCUT2D eigenvalue weighted by Gasteiger charge is -2.38. The second-order valence-electron chi connectivity index (χ2n) is 6.79. The van der Waals surface area contributed by atoms with Gasteiger partial charge >= 0.3 is 0 Å². The summed E-state index contributed by atoms with van der Waals surface area (Å²) in [6.45, 7) is 0. The van der Waals surface area contributed by atoms with E-state index in [9.17, 15) is 0 Å². The molecule has 0 spiro atoms. The Morgan fingerprint density at radius 1 is 0.957 bits per heavy atom. The van der Waals surface area contributed by atoms with Crippen molar-refractivity contribution in [1.82, 2.24) is 9.55 Å². The molecule has 2 aromatic carbocycles. The number of aromatic nitrogens is 2. The van der Waals surface area contributed by atoms with Gasteiger partial charge < -0.3 is 0 Å². The van der Waals surface area contributed by atoms with Crippen LogP contribution in [0.25, 0.3) is 16.7 Å². The summed E-state index contributed by atoms with van der Waals surface area (Å²) in [5, 5.41) is 8.95. The number of imidazole rings is 1. The molecule has 0 atom stereocenters. The van der Waals surface area contributed by atoms with Gasteiger partial charge in [-0.3, -0.25) is 4.57 Å². The standard InChI is InChI=1S/C20H17N3/c21-11-13-1-7-16(8-2-13)23-12-22-19-9-17-14-3-5-15(6-4-14)18(17)10-20(19)23/h1-2,7-10,12,14-15H,3-6H2. The number of nitriles is 1. The molecule has 1 saturated carbocycles. The van der Waals surface area contributed by atoms with Gasteiger partial charge in [0.05, 0.1) is 22.7 Å². The van der Waals surface area contributed by atoms with Gasteiger partial charge in [0, 0.05) is 5.69 Å². The van der Waals surface area contributed by atoms with Crippen molar-refractivity contribution in [3.63, 3.8) is 0 Å². The first kappa shape index (κ1) is 12.9. The van der Waals surface area contributed by atoms with Crippen LogP contribution in [-0.4, -0.2) is 9.55 Å². The van der Waals surface area contributed by atoms with Gasteiger partial charge in [-0.25, -0.2) is 4.98 Å². The molecule has 3 aliphatic rings. The first-order valence-corrected chi connectivity index (χ1v) is 8.35. The molecule has 3 heteroatoms. The Morgan fingerprint density at radius 2 is 1.61 bits per heavy atom. The molecule has 3 nitrogen and oxygen atoms in total. The van der Waals surface area contributed by atoms with Crippen molar-refractivity contribution in [3.8, 4) is 11.8 Å². The zero-order valence-corrected chi connectivity index (χ0v) is 12.9. The summed E-state index contributed by atoms with van der Waals surface area (Å²) in [6, 6.07) is 14.6. The third-order valence-corrected chi connectivity index (χ3v) is 5.63. The quantitative estimate of drug-likeness (QED) is 0.656. The summed E-state index contributed by atoms with van der Waals surface area (Å²) >= 11 is 0. The first-order valence-electron chi connectivity index (χ1n) is 8.35. The van der Waals surface area contributed by atoms with Crippen molar-refractivity contribution in [1.29, 1.82) is 5.26 Å². The van der Waals surface area contributed by atoms with E-state index in [4.69, 9.17) is 5.26 Å². The molecule has 112 valence electrons. The van der Waals surface area contributed by atoms with Gasteiger partial charge in [-0.15, -0.1) is 0 Å². The fourth-order valence-corrected chi connectivity index (χ4v) is 4.41. The van der Waals surface area contributed by atoms with E-state index in [2.05, 4.69) is 27.8 Å². The Morgan fingerprint density at radius 3 is 2.26 bits per heavy atom. The normalized spacial score (nSPS) is 22.0. The minimum atomic E-state index is 0.688. The lowest BCUT2D eigenvalue weighted by molar-refractivity contribution is 0.359. The van der Waals surface area contributed by atoms with E-state index in [1.165, 1.54) is 31.2 Å². The molecule has 0 amide bonds. The lowest BCUT2D eigenvalue weighted by Crippen LogP contribution is -2.21. The maximum Gasteiger partial charge on any atom is 0.100 e. The molecule has 1 aromatic heterocycles. The molecule has 3 aliphatic carbocycles. The molecule has 1 heterocycles. The minimum absolute atomic E-state index is 0.688. The van der Waals surface area contributed by atoms with Crippen molar-refractivity contribution in [2.24, 2.45) is 0 Å². The predicted molar refractivity (Wildman–Crippen MR) is 89.7 cm³/mol. The molecule has 0 radical (unpaired) electrons. The monoisotopic (exact) mass is 299 g/mol. The van der Waals surface area contributed by atoms with E-state index >= 15 is 0 Å². The van der Waals surface area contributed by atoms with Gasteiger partial charge in [0.15, 0.2) is 0 Å². The molecular weight excluding hydrogens is 282 g/mol. The molecule has 6 rings (SSSR count). The van der Waals surface area contributed by atoms with Gasteiger partial charge in [-0.1, -0.05) is 0 Å². The average molecular weight is 299 g/mol. The second-order valence-corrected chi connectivity index (χ2v) is 6.79. The summed E-state index contributed by atoms with van der Waals surface area (Å²) in [6.07, 6.45) is 7.28. The molecule has 0 saturated heterocycles. The molecular formula is C20H17N3. The van der Waals surface area contributed by atoms with E-state index in [0.29, 0.717) is 5.56 Å². The zero-order chi connectivity index (χ0) is 15.4. The van der Waals surface area contributed by atoms with Gasteiger partial charge in [0.25, 0.3) is 0 Å². The van der Waals surface area contributed by atoms with Crippen LogP contribution in [0.5, 0.6) is 0 Å². The van der Waals surface area contributed by atoms with Crippen LogP contribution in [0.15, 0.2) is 42.7 Å². The number of hydrogen-bond donors (Lipinski definition) is 0. The van der Waals surface area contributed by atoms with Gasteiger partial charge in [0.1, 0.15) is 6.33 Å². The highest BCUT2D eigenvalue weighted by Crippen LogP contribution is 2.50. The van der Waals surface area contributed by atoms with Crippen molar-refractivity contribution in [2.75, 3.05) is 0 Å². The van der Waals surface area contributed by atoms with Crippen molar-refractivity contribution in [2.45, 2.75) is 37.5 Å². The van der Waals surface area contributed by atoms with E-state index in [0.717, 1.165) is 23.0 Å². The van der Waals surface area contributed by atoms with E-state index < -0.39 is 0 Å². The van der Waals surface area contributed by atoms with Crippen LogP contribution in [0.2, 0.25) is 0 Å². The molecule has 0 N–H and O–H groups in total. The van der Waals surface area contributed by atoms with Crippen LogP contribution in [0.1, 0.15) is 54.2 Å². The minimum Gasteiger partial charge on any atom is -0.299 e. The highest BCUT2D eigenvalue weighted by atomic mass is 15.0. The first-order chi connectivity index (χ1) is 11.3. The van der Waals surface area contributed by atoms with Crippen LogP contribution in [-0.2, 0) is 0 Å². The van der Waals surface area contributed by atoms with Crippen LogP contribution < -0.4 is 0 Å². The Kier molecular flexibility index (Phi) is 2.63. The molecule has 23 heavy (non-hydrogen) atoms. The fourth-order valence-electron chi connectivity index (χ4n) is 4.41. The highest BCUT2D eigenvalue weighted by molar-refractivity contribution is 5.80. The van der Waals surface area contributed by atoms with Gasteiger partial charge in [0.2, 0.25) is 0 Å². The van der Waals surface area contributed by atoms with E-state index in [-0.39, 0.29) is 0 Å². The van der Waals surface area contributed by atoms with Crippen LogP contribution in [0.4, 0.5) is 0 Å². The smallest absolute Gasteiger partial charge is 0.100 e. The number of benzene rings is 2. The summed E-state index contributed by atoms with van der Waals surface area (Å²) in [7, 11) is 0. The van der Waals surface area contributed by atoms with E-state index in [1.54, 1.807) is 11.1 Å². The maximum atomic E-state index is 8.95. The third-order valence-electron chi connectivity index (χ3n) is 5.63. The fraction of sp³-hybridized carbons (Fsp3) is 0.300. The molecule has 3 aromatic rings. The Hall–Kier alpha value is -2.60. The predicted octanol–water partition coefficient (Wildman–Crippen LogP) is 4.65. The number of fused-ring (bicyclic) bond motifs is 3. The van der Waals surface area contributed by atoms with Crippen LogP contribution in [0, 0.1) is 11.3 Å². The molecule has 0 aliphatic heterocycles. The summed E-state index contributed by atoms with van der Waals surface area (Å²) in [5.74, 6) is 1.49. The topological polar surface area (TPSA) is 41.6 Å². The zero-order valence-electron chi connectivity index (χ0n) is 12.9. The molecule has 2 bridgehead atoms. The highest BCUT2D eigenvalue weighted by Gasteiger charge is 2.33. The van der Waals surface area contributed by atoms with Crippen LogP contribution >= 0.6 is 0 Å². The number of rotatable bonds is 1. The van der Waals surface area contributed by atoms with Crippen molar-refractivity contribution in [3.05, 3.63) is 59.4 Å². The Bertz CT molecular complexity index is 935. The van der Waals surface area contributed by atoms with E-state index in [1.807, 2.05) is 30.6 Å². The second kappa shape index (κ2) is 4.70. The average Bonchev–Trinajstić information content (AvgIpc) is 3.04. The number of nitrogens with zero attached hydrogens (tertiary/aromatic N) is 3. The summed E-state index contributed by atoms with van der Waals surface area (Å²) in [4.78, 5) is 4.63.